The lowest BCUT2D eigenvalue weighted by Gasteiger charge is -2.24. The first-order valence-electron chi connectivity index (χ1n) is 7.95. The molecule has 0 radical (unpaired) electrons. The van der Waals surface area contributed by atoms with Gasteiger partial charge in [-0.1, -0.05) is 12.1 Å². The summed E-state index contributed by atoms with van der Waals surface area (Å²) in [4.78, 5) is 1.95. The fraction of sp³-hybridized carbons (Fsp3) is 0.438. The standard InChI is InChI=1S/C16H19F3N4O2S/c1-22-8-7-13-14(10-22)23(21-15(13)16(17,18)19)12-5-3-11(4-6-12)9-20-26(2,24)25/h3-6,20H,7-10H2,1-2H3. The van der Waals surface area contributed by atoms with Gasteiger partial charge in [0.15, 0.2) is 5.69 Å². The number of hydrogen-bond donors (Lipinski definition) is 1. The number of likely N-dealkylation sites (N-methyl/N-ethyl adjacent to an activating group) is 1. The Morgan fingerprint density at radius 3 is 2.46 bits per heavy atom. The van der Waals surface area contributed by atoms with Crippen LogP contribution in [0.15, 0.2) is 24.3 Å². The van der Waals surface area contributed by atoms with E-state index in [1.807, 2.05) is 11.9 Å². The van der Waals surface area contributed by atoms with E-state index in [0.29, 0.717) is 36.5 Å². The molecule has 0 spiro atoms. The zero-order valence-corrected chi connectivity index (χ0v) is 15.2. The predicted octanol–water partition coefficient (Wildman–Crippen LogP) is 1.93. The largest absolute Gasteiger partial charge is 0.435 e. The number of nitrogens with zero attached hydrogens (tertiary/aromatic N) is 3. The zero-order chi connectivity index (χ0) is 19.1. The SMILES string of the molecule is CN1CCc2c(C(F)(F)F)nn(-c3ccc(CNS(C)(=O)=O)cc3)c2C1. The fourth-order valence-electron chi connectivity index (χ4n) is 2.96. The third-order valence-corrected chi connectivity index (χ3v) is 4.91. The van der Waals surface area contributed by atoms with Gasteiger partial charge in [0, 0.05) is 25.2 Å². The third-order valence-electron chi connectivity index (χ3n) is 4.24. The van der Waals surface area contributed by atoms with Crippen LogP contribution >= 0.6 is 0 Å². The van der Waals surface area contributed by atoms with E-state index in [0.717, 1.165) is 6.26 Å². The summed E-state index contributed by atoms with van der Waals surface area (Å²) in [7, 11) is -1.46. The first-order valence-corrected chi connectivity index (χ1v) is 9.84. The van der Waals surface area contributed by atoms with Crippen molar-refractivity contribution >= 4 is 10.0 Å². The Morgan fingerprint density at radius 1 is 1.23 bits per heavy atom. The maximum absolute atomic E-state index is 13.3. The third kappa shape index (κ3) is 4.08. The summed E-state index contributed by atoms with van der Waals surface area (Å²) in [6, 6.07) is 6.62. The van der Waals surface area contributed by atoms with Gasteiger partial charge < -0.3 is 4.90 Å². The van der Waals surface area contributed by atoms with Crippen molar-refractivity contribution in [2.24, 2.45) is 0 Å². The molecule has 3 rings (SSSR count). The van der Waals surface area contributed by atoms with Gasteiger partial charge in [-0.3, -0.25) is 0 Å². The van der Waals surface area contributed by atoms with Crippen molar-refractivity contribution in [3.8, 4) is 5.69 Å². The van der Waals surface area contributed by atoms with Crippen LogP contribution in [0.2, 0.25) is 0 Å². The number of sulfonamides is 1. The molecule has 1 aromatic heterocycles. The molecule has 0 saturated carbocycles. The number of hydrogen-bond acceptors (Lipinski definition) is 4. The Bertz CT molecular complexity index is 905. The molecular formula is C16H19F3N4O2S. The molecule has 1 aliphatic rings. The van der Waals surface area contributed by atoms with Gasteiger partial charge in [0.25, 0.3) is 0 Å². The first kappa shape index (κ1) is 18.9. The maximum Gasteiger partial charge on any atom is 0.435 e. The van der Waals surface area contributed by atoms with Gasteiger partial charge in [-0.05, 0) is 31.2 Å². The Kier molecular flexibility index (Phi) is 4.84. The zero-order valence-electron chi connectivity index (χ0n) is 14.3. The van der Waals surface area contributed by atoms with E-state index in [4.69, 9.17) is 0 Å². The van der Waals surface area contributed by atoms with Crippen LogP contribution in [0.4, 0.5) is 13.2 Å². The first-order chi connectivity index (χ1) is 12.0. The van der Waals surface area contributed by atoms with Gasteiger partial charge >= 0.3 is 6.18 Å². The second kappa shape index (κ2) is 6.67. The molecule has 2 aromatic rings. The molecule has 0 bridgehead atoms. The maximum atomic E-state index is 13.3. The van der Waals surface area contributed by atoms with Crippen LogP contribution in [0.25, 0.3) is 5.69 Å². The van der Waals surface area contributed by atoms with Crippen LogP contribution in [-0.2, 0) is 35.7 Å². The minimum atomic E-state index is -4.50. The minimum absolute atomic E-state index is 0.118. The quantitative estimate of drug-likeness (QED) is 0.869. The number of rotatable bonds is 4. The van der Waals surface area contributed by atoms with Crippen molar-refractivity contribution < 1.29 is 21.6 Å². The lowest BCUT2D eigenvalue weighted by Crippen LogP contribution is -2.28. The molecule has 0 unspecified atom stereocenters. The lowest BCUT2D eigenvalue weighted by atomic mass is 10.0. The van der Waals surface area contributed by atoms with E-state index in [1.54, 1.807) is 24.3 Å². The Hall–Kier alpha value is -1.91. The highest BCUT2D eigenvalue weighted by molar-refractivity contribution is 7.88. The van der Waals surface area contributed by atoms with Crippen molar-refractivity contribution in [2.45, 2.75) is 25.7 Å². The van der Waals surface area contributed by atoms with Crippen LogP contribution in [0, 0.1) is 0 Å². The lowest BCUT2D eigenvalue weighted by molar-refractivity contribution is -0.142. The minimum Gasteiger partial charge on any atom is -0.300 e. The van der Waals surface area contributed by atoms with Gasteiger partial charge in [0.05, 0.1) is 17.6 Å². The summed E-state index contributed by atoms with van der Waals surface area (Å²) < 4.78 is 66.0. The second-order valence-corrected chi connectivity index (χ2v) is 8.26. The van der Waals surface area contributed by atoms with E-state index in [-0.39, 0.29) is 12.1 Å². The Labute approximate surface area is 149 Å². The fourth-order valence-corrected chi connectivity index (χ4v) is 3.39. The Balaban J connectivity index is 1.95. The van der Waals surface area contributed by atoms with Crippen molar-refractivity contribution in [1.82, 2.24) is 19.4 Å². The highest BCUT2D eigenvalue weighted by Crippen LogP contribution is 2.35. The topological polar surface area (TPSA) is 67.2 Å². The van der Waals surface area contributed by atoms with Crippen molar-refractivity contribution in [2.75, 3.05) is 19.8 Å². The molecule has 0 atom stereocenters. The molecule has 0 saturated heterocycles. The van der Waals surface area contributed by atoms with E-state index in [1.165, 1.54) is 4.68 Å². The average molecular weight is 388 g/mol. The molecule has 0 amide bonds. The molecule has 10 heteroatoms. The predicted molar refractivity (Wildman–Crippen MR) is 90.3 cm³/mol. The summed E-state index contributed by atoms with van der Waals surface area (Å²) in [6.45, 7) is 1.06. The molecule has 2 heterocycles. The number of aromatic nitrogens is 2. The highest BCUT2D eigenvalue weighted by Gasteiger charge is 2.40. The molecule has 142 valence electrons. The monoisotopic (exact) mass is 388 g/mol. The second-order valence-electron chi connectivity index (χ2n) is 6.43. The van der Waals surface area contributed by atoms with Crippen molar-refractivity contribution in [1.29, 1.82) is 0 Å². The van der Waals surface area contributed by atoms with E-state index in [9.17, 15) is 21.6 Å². The van der Waals surface area contributed by atoms with Crippen molar-refractivity contribution in [3.05, 3.63) is 46.8 Å². The van der Waals surface area contributed by atoms with E-state index >= 15 is 0 Å². The number of fused-ring (bicyclic) bond motifs is 1. The molecular weight excluding hydrogens is 369 g/mol. The summed E-state index contributed by atoms with van der Waals surface area (Å²) in [6.07, 6.45) is -3.13. The summed E-state index contributed by atoms with van der Waals surface area (Å²) in [5.74, 6) is 0. The average Bonchev–Trinajstić information content (AvgIpc) is 2.91. The molecule has 6 nitrogen and oxygen atoms in total. The van der Waals surface area contributed by atoms with Gasteiger partial charge in [-0.15, -0.1) is 0 Å². The van der Waals surface area contributed by atoms with Crippen LogP contribution < -0.4 is 4.72 Å². The number of halogens is 3. The van der Waals surface area contributed by atoms with Gasteiger partial charge in [-0.2, -0.15) is 18.3 Å². The van der Waals surface area contributed by atoms with Crippen LogP contribution in [0.3, 0.4) is 0 Å². The molecule has 0 fully saturated rings. The number of nitrogens with one attached hydrogen (secondary N) is 1. The van der Waals surface area contributed by atoms with Gasteiger partial charge in [-0.25, -0.2) is 17.8 Å². The number of benzene rings is 1. The number of alkyl halides is 3. The Morgan fingerprint density at radius 2 is 1.88 bits per heavy atom. The van der Waals surface area contributed by atoms with E-state index < -0.39 is 21.9 Å². The summed E-state index contributed by atoms with van der Waals surface area (Å²) in [5, 5.41) is 3.84. The summed E-state index contributed by atoms with van der Waals surface area (Å²) in [5.41, 5.74) is 1.17. The van der Waals surface area contributed by atoms with Crippen molar-refractivity contribution in [3.63, 3.8) is 0 Å². The molecule has 1 aromatic carbocycles. The smallest absolute Gasteiger partial charge is 0.300 e. The molecule has 0 aliphatic carbocycles. The normalized spacial score (nSPS) is 15.9. The van der Waals surface area contributed by atoms with Gasteiger partial charge in [0.1, 0.15) is 0 Å². The summed E-state index contributed by atoms with van der Waals surface area (Å²) >= 11 is 0. The molecule has 26 heavy (non-hydrogen) atoms. The highest BCUT2D eigenvalue weighted by atomic mass is 32.2. The van der Waals surface area contributed by atoms with Crippen LogP contribution in [-0.4, -0.2) is 42.9 Å². The molecule has 1 N–H and O–H groups in total. The van der Waals surface area contributed by atoms with Crippen LogP contribution in [0.5, 0.6) is 0 Å². The van der Waals surface area contributed by atoms with E-state index in [2.05, 4.69) is 9.82 Å². The van der Waals surface area contributed by atoms with Gasteiger partial charge in [0.2, 0.25) is 10.0 Å². The molecule has 1 aliphatic heterocycles. The van der Waals surface area contributed by atoms with Crippen LogP contribution in [0.1, 0.15) is 22.5 Å².